The summed E-state index contributed by atoms with van der Waals surface area (Å²) in [5, 5.41) is 0. The number of rotatable bonds is 0. The van der Waals surface area contributed by atoms with Crippen LogP contribution in [0.25, 0.3) is 0 Å². The fraction of sp³-hybridized carbons (Fsp3) is 0.143. The molecular formula is C7H13ClMgS. The number of benzene rings is 1. The van der Waals surface area contributed by atoms with E-state index in [1.807, 2.05) is 18.2 Å². The van der Waals surface area contributed by atoms with E-state index < -0.39 is 0 Å². The molecule has 0 spiro atoms. The van der Waals surface area contributed by atoms with Gasteiger partial charge in [0.05, 0.1) is 0 Å². The Kier molecular flexibility index (Phi) is 16.3. The van der Waals surface area contributed by atoms with Gasteiger partial charge in [0.2, 0.25) is 0 Å². The molecule has 0 saturated carbocycles. The van der Waals surface area contributed by atoms with E-state index >= 15 is 0 Å². The van der Waals surface area contributed by atoms with Crippen molar-refractivity contribution in [2.45, 2.75) is 6.92 Å². The van der Waals surface area contributed by atoms with Gasteiger partial charge in [-0.15, -0.1) is 12.4 Å². The monoisotopic (exact) mass is 188 g/mol. The first kappa shape index (κ1) is 16.9. The molecule has 1 rings (SSSR count). The summed E-state index contributed by atoms with van der Waals surface area (Å²) < 4.78 is 0. The third kappa shape index (κ3) is 6.74. The van der Waals surface area contributed by atoms with Crippen molar-refractivity contribution in [2.24, 2.45) is 0 Å². The second-order valence-electron chi connectivity index (χ2n) is 1.65. The predicted octanol–water partition coefficient (Wildman–Crippen LogP) is 1.61. The van der Waals surface area contributed by atoms with Crippen molar-refractivity contribution in [2.75, 3.05) is 0 Å². The van der Waals surface area contributed by atoms with Crippen molar-refractivity contribution in [3.05, 3.63) is 35.9 Å². The van der Waals surface area contributed by atoms with E-state index in [1.54, 1.807) is 0 Å². The predicted molar refractivity (Wildman–Crippen MR) is 57.4 cm³/mol. The molecule has 10 heavy (non-hydrogen) atoms. The first-order chi connectivity index (χ1) is 3.39. The van der Waals surface area contributed by atoms with Gasteiger partial charge in [-0.1, -0.05) is 35.9 Å². The van der Waals surface area contributed by atoms with Crippen molar-refractivity contribution in [3.8, 4) is 0 Å². The fourth-order valence-corrected chi connectivity index (χ4v) is 0.534. The average molecular weight is 189 g/mol. The van der Waals surface area contributed by atoms with Crippen LogP contribution in [-0.4, -0.2) is 23.1 Å². The van der Waals surface area contributed by atoms with E-state index in [-0.39, 0.29) is 49.0 Å². The Morgan fingerprint density at radius 2 is 1.40 bits per heavy atom. The minimum absolute atomic E-state index is 0. The van der Waals surface area contributed by atoms with Crippen LogP contribution in [0.15, 0.2) is 30.3 Å². The van der Waals surface area contributed by atoms with Gasteiger partial charge < -0.3 is 0 Å². The normalized spacial score (nSPS) is 6.10. The number of hydrogen-bond donors (Lipinski definition) is 0. The maximum Gasteiger partial charge on any atom is 0.316 e. The summed E-state index contributed by atoms with van der Waals surface area (Å²) in [6.45, 7) is 2.08. The van der Waals surface area contributed by atoms with Gasteiger partial charge in [-0.25, -0.2) is 0 Å². The first-order valence-electron chi connectivity index (χ1n) is 2.41. The zero-order valence-corrected chi connectivity index (χ0v) is 7.11. The van der Waals surface area contributed by atoms with Crippen LogP contribution in [0, 0.1) is 6.92 Å². The van der Waals surface area contributed by atoms with Crippen LogP contribution in [0.1, 0.15) is 5.56 Å². The third-order valence-electron chi connectivity index (χ3n) is 0.940. The Hall–Kier alpha value is 0.626. The summed E-state index contributed by atoms with van der Waals surface area (Å²) >= 11 is 0. The zero-order valence-electron chi connectivity index (χ0n) is 5.29. The molecule has 0 unspecified atom stereocenters. The lowest BCUT2D eigenvalue weighted by Gasteiger charge is -1.82. The summed E-state index contributed by atoms with van der Waals surface area (Å²) in [6.07, 6.45) is 0. The van der Waals surface area contributed by atoms with Gasteiger partial charge in [0.25, 0.3) is 0 Å². The van der Waals surface area contributed by atoms with Crippen molar-refractivity contribution in [1.29, 1.82) is 0 Å². The number of aryl methyl sites for hydroxylation is 1. The minimum atomic E-state index is 0. The molecule has 0 nitrogen and oxygen atoms in total. The highest BCUT2D eigenvalue weighted by atomic mass is 35.5. The maximum absolute atomic E-state index is 2.08. The Balaban J connectivity index is -0.000000163. The van der Waals surface area contributed by atoms with Crippen LogP contribution in [0.4, 0.5) is 0 Å². The standard InChI is InChI=1S/C7H8.ClH.Mg.H2S.2H/c1-7-5-3-2-4-6-7;;;;;/h2-6H,1H3;1H;;1H2;;. The summed E-state index contributed by atoms with van der Waals surface area (Å²) in [5.74, 6) is 0. The van der Waals surface area contributed by atoms with Crippen LogP contribution >= 0.6 is 25.9 Å². The van der Waals surface area contributed by atoms with E-state index in [0.29, 0.717) is 0 Å². The molecule has 0 aromatic heterocycles. The van der Waals surface area contributed by atoms with E-state index in [9.17, 15) is 0 Å². The molecule has 3 heteroatoms. The number of halogens is 1. The van der Waals surface area contributed by atoms with E-state index in [1.165, 1.54) is 5.56 Å². The second kappa shape index (κ2) is 9.63. The molecule has 0 atom stereocenters. The molecule has 1 aromatic rings. The van der Waals surface area contributed by atoms with Gasteiger partial charge >= 0.3 is 23.1 Å². The molecule has 0 aliphatic rings. The lowest BCUT2D eigenvalue weighted by Crippen LogP contribution is -1.62. The van der Waals surface area contributed by atoms with Gasteiger partial charge in [0.15, 0.2) is 0 Å². The van der Waals surface area contributed by atoms with E-state index in [0.717, 1.165) is 0 Å². The maximum atomic E-state index is 2.08. The quantitative estimate of drug-likeness (QED) is 0.544. The van der Waals surface area contributed by atoms with E-state index in [2.05, 4.69) is 19.1 Å². The van der Waals surface area contributed by atoms with Crippen LogP contribution in [0.5, 0.6) is 0 Å². The average Bonchev–Trinajstić information content (AvgIpc) is 1.69. The van der Waals surface area contributed by atoms with E-state index in [4.69, 9.17) is 0 Å². The van der Waals surface area contributed by atoms with Crippen molar-refractivity contribution in [3.63, 3.8) is 0 Å². The summed E-state index contributed by atoms with van der Waals surface area (Å²) in [4.78, 5) is 0. The largest absolute Gasteiger partial charge is 0.316 e. The highest BCUT2D eigenvalue weighted by Crippen LogP contribution is 1.92. The number of hydrogen-bond acceptors (Lipinski definition) is 0. The van der Waals surface area contributed by atoms with Crippen LogP contribution in [0.3, 0.4) is 0 Å². The molecule has 0 radical (unpaired) electrons. The topological polar surface area (TPSA) is 0 Å². The van der Waals surface area contributed by atoms with Gasteiger partial charge in [0.1, 0.15) is 0 Å². The molecular weight excluding hydrogens is 176 g/mol. The molecule has 0 N–H and O–H groups in total. The molecule has 0 saturated heterocycles. The molecule has 1 aromatic carbocycles. The van der Waals surface area contributed by atoms with Crippen molar-refractivity contribution in [1.82, 2.24) is 0 Å². The second-order valence-corrected chi connectivity index (χ2v) is 1.65. The zero-order chi connectivity index (χ0) is 5.11. The Morgan fingerprint density at radius 1 is 1.00 bits per heavy atom. The summed E-state index contributed by atoms with van der Waals surface area (Å²) in [7, 11) is 0. The molecule has 0 aliphatic carbocycles. The molecule has 56 valence electrons. The fourth-order valence-electron chi connectivity index (χ4n) is 0.534. The summed E-state index contributed by atoms with van der Waals surface area (Å²) in [6, 6.07) is 10.3. The van der Waals surface area contributed by atoms with Crippen molar-refractivity contribution >= 4 is 49.0 Å². The van der Waals surface area contributed by atoms with Crippen molar-refractivity contribution < 1.29 is 0 Å². The highest BCUT2D eigenvalue weighted by Gasteiger charge is 1.72. The van der Waals surface area contributed by atoms with Gasteiger partial charge in [-0.05, 0) is 6.92 Å². The third-order valence-corrected chi connectivity index (χ3v) is 0.940. The summed E-state index contributed by atoms with van der Waals surface area (Å²) in [5.41, 5.74) is 1.32. The van der Waals surface area contributed by atoms with Gasteiger partial charge in [-0.3, -0.25) is 0 Å². The Morgan fingerprint density at radius 3 is 1.60 bits per heavy atom. The lowest BCUT2D eigenvalue weighted by molar-refractivity contribution is 1.48. The van der Waals surface area contributed by atoms with Crippen LogP contribution in [-0.2, 0) is 0 Å². The molecule has 0 heterocycles. The lowest BCUT2D eigenvalue weighted by atomic mass is 10.2. The minimum Gasteiger partial charge on any atom is -0.197 e. The molecule has 0 bridgehead atoms. The molecule has 0 aliphatic heterocycles. The van der Waals surface area contributed by atoms with Crippen LogP contribution < -0.4 is 0 Å². The Labute approximate surface area is 91.4 Å². The van der Waals surface area contributed by atoms with Gasteiger partial charge in [-0.2, -0.15) is 13.5 Å². The molecule has 0 amide bonds. The smallest absolute Gasteiger partial charge is 0.197 e. The first-order valence-corrected chi connectivity index (χ1v) is 2.41. The SMILES string of the molecule is Cc1ccccc1.Cl.S.[MgH2]. The van der Waals surface area contributed by atoms with Crippen LogP contribution in [0.2, 0.25) is 0 Å². The van der Waals surface area contributed by atoms with Gasteiger partial charge in [0, 0.05) is 0 Å². The Bertz CT molecular complexity index is 144. The molecule has 0 fully saturated rings. The highest BCUT2D eigenvalue weighted by molar-refractivity contribution is 7.59.